The number of hydrogen-bond acceptors (Lipinski definition) is 0. The van der Waals surface area contributed by atoms with Crippen LogP contribution in [0.5, 0.6) is 0 Å². The second kappa shape index (κ2) is 10.2. The van der Waals surface area contributed by atoms with E-state index in [0.29, 0.717) is 0 Å². The van der Waals surface area contributed by atoms with E-state index in [1.807, 2.05) is 7.24 Å². The monoisotopic (exact) mass is 352 g/mol. The molecular formula is C16H30Te. The Morgan fingerprint density at radius 3 is 1.29 bits per heavy atom. The molecule has 0 aromatic heterocycles. The summed E-state index contributed by atoms with van der Waals surface area (Å²) in [5.74, 6) is 0. The van der Waals surface area contributed by atoms with Gasteiger partial charge in [0.1, 0.15) is 0 Å². The minimum absolute atomic E-state index is 0.0497. The van der Waals surface area contributed by atoms with Crippen molar-refractivity contribution in [2.24, 2.45) is 0 Å². The summed E-state index contributed by atoms with van der Waals surface area (Å²) in [6.07, 6.45) is 8.09. The fourth-order valence-electron chi connectivity index (χ4n) is 1.63. The quantitative estimate of drug-likeness (QED) is 0.496. The number of unbranched alkanes of at least 4 members (excludes halogenated alkanes) is 2. The third kappa shape index (κ3) is 8.06. The Labute approximate surface area is 119 Å². The molecule has 0 N–H and O–H groups in total. The molecule has 0 saturated carbocycles. The molecule has 0 aliphatic carbocycles. The van der Waals surface area contributed by atoms with Crippen LogP contribution in [0.25, 0.3) is 0 Å². The van der Waals surface area contributed by atoms with Crippen molar-refractivity contribution in [2.75, 3.05) is 0 Å². The van der Waals surface area contributed by atoms with Crippen LogP contribution in [0.3, 0.4) is 0 Å². The fraction of sp³-hybridized carbons (Fsp3) is 0.750. The summed E-state index contributed by atoms with van der Waals surface area (Å²) >= 11 is -0.0497. The normalized spacial score (nSPS) is 10.2. The molecule has 0 aliphatic heterocycles. The predicted molar refractivity (Wildman–Crippen MR) is 81.6 cm³/mol. The van der Waals surface area contributed by atoms with Gasteiger partial charge in [0, 0.05) is 0 Å². The zero-order chi connectivity index (χ0) is 13.3. The Bertz CT molecular complexity index is 235. The third-order valence-electron chi connectivity index (χ3n) is 2.88. The van der Waals surface area contributed by atoms with E-state index in [4.69, 9.17) is 0 Å². The van der Waals surface area contributed by atoms with Crippen molar-refractivity contribution in [3.63, 3.8) is 0 Å². The second-order valence-electron chi connectivity index (χ2n) is 5.16. The summed E-state index contributed by atoms with van der Waals surface area (Å²) in [5.41, 5.74) is 3.19. The first-order valence-corrected chi connectivity index (χ1v) is 9.36. The van der Waals surface area contributed by atoms with Gasteiger partial charge in [-0.3, -0.25) is 0 Å². The van der Waals surface area contributed by atoms with Gasteiger partial charge in [0.25, 0.3) is 0 Å². The Morgan fingerprint density at radius 1 is 0.706 bits per heavy atom. The van der Waals surface area contributed by atoms with Crippen LogP contribution in [0.4, 0.5) is 0 Å². The molecule has 0 unspecified atom stereocenters. The van der Waals surface area contributed by atoms with Gasteiger partial charge < -0.3 is 0 Å². The van der Waals surface area contributed by atoms with Crippen molar-refractivity contribution in [3.8, 4) is 0 Å². The first kappa shape index (κ1) is 17.3. The van der Waals surface area contributed by atoms with Crippen LogP contribution < -0.4 is 0 Å². The molecule has 1 heteroatoms. The third-order valence-corrected chi connectivity index (χ3v) is 7.78. The van der Waals surface area contributed by atoms with E-state index < -0.39 is 0 Å². The fourth-order valence-corrected chi connectivity index (χ4v) is 5.05. The average Bonchev–Trinajstić information content (AvgIpc) is 2.27. The summed E-state index contributed by atoms with van der Waals surface area (Å²) in [4.78, 5) is 0. The maximum absolute atomic E-state index is 2.30. The summed E-state index contributed by atoms with van der Waals surface area (Å²) in [5, 5.41) is 0. The molecule has 0 fully saturated rings. The molecule has 0 saturated heterocycles. The molecule has 0 aliphatic rings. The van der Waals surface area contributed by atoms with E-state index in [1.165, 1.54) is 38.5 Å². The van der Waals surface area contributed by atoms with Crippen LogP contribution in [0, 0.1) is 0 Å². The Morgan fingerprint density at radius 2 is 1.06 bits per heavy atom. The molecule has 0 aromatic rings. The first-order valence-electron chi connectivity index (χ1n) is 7.03. The van der Waals surface area contributed by atoms with Gasteiger partial charge in [-0.2, -0.15) is 0 Å². The maximum atomic E-state index is 2.30. The molecule has 0 radical (unpaired) electrons. The van der Waals surface area contributed by atoms with Gasteiger partial charge in [0.15, 0.2) is 0 Å². The van der Waals surface area contributed by atoms with E-state index in [2.05, 4.69) is 41.5 Å². The van der Waals surface area contributed by atoms with Crippen molar-refractivity contribution in [1.29, 1.82) is 0 Å². The van der Waals surface area contributed by atoms with Crippen LogP contribution >= 0.6 is 0 Å². The average molecular weight is 350 g/mol. The molecule has 17 heavy (non-hydrogen) atoms. The zero-order valence-electron chi connectivity index (χ0n) is 12.7. The van der Waals surface area contributed by atoms with Crippen LogP contribution in [0.2, 0.25) is 0 Å². The van der Waals surface area contributed by atoms with Crippen LogP contribution in [-0.2, 0) is 0 Å². The Hall–Kier alpha value is 0.270. The van der Waals surface area contributed by atoms with Crippen molar-refractivity contribution >= 4 is 20.9 Å². The Kier molecular flexibility index (Phi) is 10.4. The second-order valence-corrected chi connectivity index (χ2v) is 8.55. The van der Waals surface area contributed by atoms with Gasteiger partial charge in [-0.05, 0) is 0 Å². The summed E-state index contributed by atoms with van der Waals surface area (Å²) in [6.45, 7) is 13.8. The molecule has 0 bridgehead atoms. The molecular weight excluding hydrogens is 320 g/mol. The van der Waals surface area contributed by atoms with Crippen LogP contribution in [-0.4, -0.2) is 20.9 Å². The van der Waals surface area contributed by atoms with Crippen molar-refractivity contribution in [3.05, 3.63) is 18.4 Å². The zero-order valence-corrected chi connectivity index (χ0v) is 15.0. The topological polar surface area (TPSA) is 0 Å². The molecule has 0 nitrogen and oxygen atoms in total. The Balaban J connectivity index is 4.60. The van der Waals surface area contributed by atoms with E-state index in [-0.39, 0.29) is 20.9 Å². The van der Waals surface area contributed by atoms with Gasteiger partial charge in [-0.1, -0.05) is 0 Å². The molecule has 0 aromatic carbocycles. The van der Waals surface area contributed by atoms with Crippen LogP contribution in [0.1, 0.15) is 80.1 Å². The SMILES string of the molecule is CCCCC([Te]C(CCCC)=C(C)C)=C(C)C. The molecule has 0 spiro atoms. The molecule has 0 rings (SSSR count). The standard InChI is InChI=1S/C16H30Te/c1-7-9-11-15(13(3)4)17-16(14(5)6)12-10-8-2/h7-12H2,1-6H3. The van der Waals surface area contributed by atoms with Gasteiger partial charge >= 0.3 is 119 Å². The molecule has 0 amide bonds. The molecule has 0 heterocycles. The van der Waals surface area contributed by atoms with Crippen molar-refractivity contribution in [2.45, 2.75) is 80.1 Å². The molecule has 0 atom stereocenters. The van der Waals surface area contributed by atoms with E-state index in [1.54, 1.807) is 11.1 Å². The minimum atomic E-state index is -0.0497. The van der Waals surface area contributed by atoms with Gasteiger partial charge in [-0.25, -0.2) is 0 Å². The number of hydrogen-bond donors (Lipinski definition) is 0. The number of allylic oxidation sites excluding steroid dienone is 4. The molecule has 100 valence electrons. The summed E-state index contributed by atoms with van der Waals surface area (Å²) < 4.78 is 3.62. The van der Waals surface area contributed by atoms with Crippen molar-refractivity contribution in [1.82, 2.24) is 0 Å². The van der Waals surface area contributed by atoms with E-state index in [0.717, 1.165) is 0 Å². The van der Waals surface area contributed by atoms with E-state index in [9.17, 15) is 0 Å². The predicted octanol–water partition coefficient (Wildman–Crippen LogP) is 5.66. The van der Waals surface area contributed by atoms with Crippen molar-refractivity contribution < 1.29 is 0 Å². The first-order chi connectivity index (χ1) is 8.02. The summed E-state index contributed by atoms with van der Waals surface area (Å²) in [7, 11) is 0. The van der Waals surface area contributed by atoms with Crippen LogP contribution in [0.15, 0.2) is 18.4 Å². The van der Waals surface area contributed by atoms with Gasteiger partial charge in [-0.15, -0.1) is 0 Å². The summed E-state index contributed by atoms with van der Waals surface area (Å²) in [6, 6.07) is 0. The van der Waals surface area contributed by atoms with Gasteiger partial charge in [0.05, 0.1) is 0 Å². The number of rotatable bonds is 8. The van der Waals surface area contributed by atoms with E-state index >= 15 is 0 Å². The van der Waals surface area contributed by atoms with Gasteiger partial charge in [0.2, 0.25) is 0 Å².